The zero-order valence-corrected chi connectivity index (χ0v) is 17.2. The number of rotatable bonds is 4. The van der Waals surface area contributed by atoms with Gasteiger partial charge in [-0.25, -0.2) is 4.98 Å². The highest BCUT2D eigenvalue weighted by atomic mass is 16.1. The summed E-state index contributed by atoms with van der Waals surface area (Å²) in [6, 6.07) is 21.4. The number of ketones is 1. The summed E-state index contributed by atoms with van der Waals surface area (Å²) in [5.41, 5.74) is 10.0. The number of amides is 1. The van der Waals surface area contributed by atoms with Crippen molar-refractivity contribution in [3.05, 3.63) is 108 Å². The molecule has 3 heterocycles. The maximum atomic E-state index is 13.4. The molecule has 1 aliphatic rings. The monoisotopic (exact) mass is 423 g/mol. The predicted molar refractivity (Wildman–Crippen MR) is 124 cm³/mol. The Morgan fingerprint density at radius 3 is 2.62 bits per heavy atom. The molecule has 0 saturated heterocycles. The lowest BCUT2D eigenvalue weighted by Crippen LogP contribution is -2.22. The number of anilines is 3. The van der Waals surface area contributed by atoms with Gasteiger partial charge in [-0.1, -0.05) is 30.3 Å². The van der Waals surface area contributed by atoms with Gasteiger partial charge >= 0.3 is 0 Å². The van der Waals surface area contributed by atoms with Gasteiger partial charge in [0.05, 0.1) is 5.56 Å². The summed E-state index contributed by atoms with van der Waals surface area (Å²) in [4.78, 5) is 30.1. The number of hydrogen-bond donors (Lipinski definition) is 3. The summed E-state index contributed by atoms with van der Waals surface area (Å²) in [7, 11) is 0. The van der Waals surface area contributed by atoms with Crippen LogP contribution in [0.15, 0.2) is 85.2 Å². The summed E-state index contributed by atoms with van der Waals surface area (Å²) in [6.07, 6.45) is 3.46. The molecular formula is C25H21N5O2. The zero-order valence-electron chi connectivity index (χ0n) is 17.2. The van der Waals surface area contributed by atoms with E-state index in [1.165, 1.54) is 6.20 Å². The second-order valence-corrected chi connectivity index (χ2v) is 7.63. The minimum atomic E-state index is -0.542. The molecule has 1 aliphatic heterocycles. The molecule has 32 heavy (non-hydrogen) atoms. The molecule has 0 bridgehead atoms. The van der Waals surface area contributed by atoms with Crippen molar-refractivity contribution in [1.29, 1.82) is 0 Å². The fraction of sp³-hybridized carbons (Fsp3) is 0.0800. The van der Waals surface area contributed by atoms with Crippen LogP contribution in [0.5, 0.6) is 0 Å². The molecule has 5 rings (SSSR count). The summed E-state index contributed by atoms with van der Waals surface area (Å²) in [6.45, 7) is 0.696. The van der Waals surface area contributed by atoms with Crippen LogP contribution in [-0.4, -0.2) is 21.2 Å². The number of hydrogen-bond acceptors (Lipinski definition) is 5. The number of carbonyl (C=O) groups is 2. The molecule has 1 amide bonds. The van der Waals surface area contributed by atoms with Crippen molar-refractivity contribution >= 4 is 28.9 Å². The third-order valence-electron chi connectivity index (χ3n) is 5.58. The topological polar surface area (TPSA) is 102 Å². The molecule has 0 fully saturated rings. The fourth-order valence-electron chi connectivity index (χ4n) is 3.91. The van der Waals surface area contributed by atoms with Crippen LogP contribution in [0.2, 0.25) is 0 Å². The number of benzene rings is 2. The Morgan fingerprint density at radius 2 is 1.81 bits per heavy atom. The van der Waals surface area contributed by atoms with E-state index in [1.807, 2.05) is 36.5 Å². The Labute approximate surface area is 184 Å². The highest BCUT2D eigenvalue weighted by Gasteiger charge is 2.28. The molecule has 0 aliphatic carbocycles. The first kappa shape index (κ1) is 19.6. The number of nitrogens with one attached hydrogen (secondary N) is 2. The van der Waals surface area contributed by atoms with Crippen molar-refractivity contribution in [1.82, 2.24) is 9.55 Å². The van der Waals surface area contributed by atoms with Gasteiger partial charge in [-0.05, 0) is 48.0 Å². The third-order valence-corrected chi connectivity index (χ3v) is 5.58. The van der Waals surface area contributed by atoms with Crippen LogP contribution in [0.3, 0.4) is 0 Å². The van der Waals surface area contributed by atoms with Crippen molar-refractivity contribution in [2.75, 3.05) is 16.4 Å². The van der Waals surface area contributed by atoms with Crippen molar-refractivity contribution < 1.29 is 9.59 Å². The number of nitrogen functional groups attached to an aromatic ring is 1. The molecule has 1 atom stereocenters. The summed E-state index contributed by atoms with van der Waals surface area (Å²) in [5, 5.41) is 6.11. The van der Waals surface area contributed by atoms with Crippen molar-refractivity contribution in [2.24, 2.45) is 0 Å². The Morgan fingerprint density at radius 1 is 1.00 bits per heavy atom. The van der Waals surface area contributed by atoms with E-state index >= 15 is 0 Å². The van der Waals surface area contributed by atoms with E-state index in [9.17, 15) is 9.59 Å². The first-order valence-corrected chi connectivity index (χ1v) is 10.3. The second-order valence-electron chi connectivity index (χ2n) is 7.63. The van der Waals surface area contributed by atoms with E-state index in [-0.39, 0.29) is 11.7 Å². The fourth-order valence-corrected chi connectivity index (χ4v) is 3.91. The van der Waals surface area contributed by atoms with Crippen LogP contribution in [0, 0.1) is 0 Å². The van der Waals surface area contributed by atoms with Crippen LogP contribution in [-0.2, 0) is 6.54 Å². The molecule has 7 heteroatoms. The molecular weight excluding hydrogens is 402 g/mol. The van der Waals surface area contributed by atoms with E-state index < -0.39 is 6.04 Å². The number of aromatic nitrogens is 2. The van der Waals surface area contributed by atoms with E-state index in [1.54, 1.807) is 36.4 Å². The van der Waals surface area contributed by atoms with Gasteiger partial charge in [0.1, 0.15) is 11.9 Å². The molecule has 2 aromatic heterocycles. The minimum Gasteiger partial charge on any atom is -0.398 e. The van der Waals surface area contributed by atoms with Gasteiger partial charge in [0.2, 0.25) is 0 Å². The molecule has 7 nitrogen and oxygen atoms in total. The number of pyridine rings is 1. The van der Waals surface area contributed by atoms with Gasteiger partial charge in [-0.3, -0.25) is 9.59 Å². The maximum Gasteiger partial charge on any atom is 0.258 e. The highest BCUT2D eigenvalue weighted by molar-refractivity contribution is 6.07. The Kier molecular flexibility index (Phi) is 4.91. The first-order chi connectivity index (χ1) is 15.6. The number of para-hydroxylation sites is 2. The Bertz CT molecular complexity index is 1310. The summed E-state index contributed by atoms with van der Waals surface area (Å²) in [5.74, 6) is -0.105. The van der Waals surface area contributed by atoms with E-state index in [0.717, 1.165) is 16.9 Å². The largest absolute Gasteiger partial charge is 0.398 e. The average molecular weight is 423 g/mol. The predicted octanol–water partition coefficient (Wildman–Crippen LogP) is 4.12. The smallest absolute Gasteiger partial charge is 0.258 e. The number of carbonyl (C=O) groups excluding carboxylic acids is 2. The SMILES string of the molecule is Nc1ccccc1C(=O)Nc1ccc(C(=O)C2Nc3ccccc3Cn3cccc32)cn1. The Hall–Kier alpha value is -4.39. The van der Waals surface area contributed by atoms with Gasteiger partial charge in [-0.2, -0.15) is 0 Å². The molecule has 0 radical (unpaired) electrons. The van der Waals surface area contributed by atoms with Gasteiger partial charge in [0.15, 0.2) is 5.78 Å². The molecule has 2 aromatic carbocycles. The zero-order chi connectivity index (χ0) is 22.1. The second kappa shape index (κ2) is 8.03. The molecule has 1 unspecified atom stereocenters. The van der Waals surface area contributed by atoms with Crippen LogP contribution in [0.25, 0.3) is 0 Å². The van der Waals surface area contributed by atoms with Crippen molar-refractivity contribution in [2.45, 2.75) is 12.6 Å². The summed E-state index contributed by atoms with van der Waals surface area (Å²) >= 11 is 0. The van der Waals surface area contributed by atoms with Crippen LogP contribution in [0.4, 0.5) is 17.2 Å². The maximum absolute atomic E-state index is 13.4. The van der Waals surface area contributed by atoms with Crippen molar-refractivity contribution in [3.63, 3.8) is 0 Å². The molecule has 158 valence electrons. The normalized spacial score (nSPS) is 14.4. The lowest BCUT2D eigenvalue weighted by Gasteiger charge is -2.18. The first-order valence-electron chi connectivity index (χ1n) is 10.3. The van der Waals surface area contributed by atoms with Crippen LogP contribution >= 0.6 is 0 Å². The standard InChI is InChI=1S/C25H21N5O2/c26-19-8-3-2-7-18(19)25(32)29-22-12-11-16(14-27-22)24(31)23-21-10-5-13-30(21)15-17-6-1-4-9-20(17)28-23/h1-14,23,28H,15,26H2,(H,27,29,32). The minimum absolute atomic E-state index is 0.0978. The van der Waals surface area contributed by atoms with E-state index in [4.69, 9.17) is 5.73 Å². The molecule has 0 spiro atoms. The number of Topliss-reactive ketones (excluding diaryl/α,β-unsaturated/α-hetero) is 1. The van der Waals surface area contributed by atoms with Gasteiger partial charge in [0, 0.05) is 41.6 Å². The van der Waals surface area contributed by atoms with Crippen molar-refractivity contribution in [3.8, 4) is 0 Å². The van der Waals surface area contributed by atoms with Crippen LogP contribution < -0.4 is 16.4 Å². The summed E-state index contributed by atoms with van der Waals surface area (Å²) < 4.78 is 2.08. The van der Waals surface area contributed by atoms with Gasteiger partial charge < -0.3 is 20.9 Å². The number of nitrogens with two attached hydrogens (primary N) is 1. The lowest BCUT2D eigenvalue weighted by atomic mass is 10.0. The quantitative estimate of drug-likeness (QED) is 0.339. The number of nitrogens with zero attached hydrogens (tertiary/aromatic N) is 2. The average Bonchev–Trinajstić information content (AvgIpc) is 3.20. The van der Waals surface area contributed by atoms with Gasteiger partial charge in [-0.15, -0.1) is 0 Å². The molecule has 4 N–H and O–H groups in total. The third kappa shape index (κ3) is 3.60. The number of fused-ring (bicyclic) bond motifs is 2. The lowest BCUT2D eigenvalue weighted by molar-refractivity contribution is 0.0966. The van der Waals surface area contributed by atoms with E-state index in [2.05, 4.69) is 26.3 Å². The van der Waals surface area contributed by atoms with E-state index in [0.29, 0.717) is 29.2 Å². The molecule has 4 aromatic rings. The molecule has 0 saturated carbocycles. The van der Waals surface area contributed by atoms with Gasteiger partial charge in [0.25, 0.3) is 5.91 Å². The van der Waals surface area contributed by atoms with Crippen LogP contribution in [0.1, 0.15) is 38.0 Å². The Balaban J connectivity index is 1.38. The highest BCUT2D eigenvalue weighted by Crippen LogP contribution is 2.31.